The van der Waals surface area contributed by atoms with E-state index in [0.717, 1.165) is 31.8 Å². The summed E-state index contributed by atoms with van der Waals surface area (Å²) in [7, 11) is 1.86. The van der Waals surface area contributed by atoms with Gasteiger partial charge in [-0.15, -0.1) is 0 Å². The highest BCUT2D eigenvalue weighted by Crippen LogP contribution is 2.47. The maximum Gasteiger partial charge on any atom is 0.128 e. The van der Waals surface area contributed by atoms with Crippen molar-refractivity contribution >= 4 is 0 Å². The lowest BCUT2D eigenvalue weighted by molar-refractivity contribution is -0.0897. The van der Waals surface area contributed by atoms with E-state index < -0.39 is 0 Å². The van der Waals surface area contributed by atoms with Crippen LogP contribution in [-0.2, 0) is 11.3 Å². The summed E-state index contributed by atoms with van der Waals surface area (Å²) in [6.45, 7) is 10.9. The molecule has 1 aromatic rings. The lowest BCUT2D eigenvalue weighted by Gasteiger charge is -2.47. The molecule has 1 atom stereocenters. The first-order valence-corrected chi connectivity index (χ1v) is 8.27. The van der Waals surface area contributed by atoms with E-state index in [-0.39, 0.29) is 11.6 Å². The second-order valence-corrected chi connectivity index (χ2v) is 7.00. The average Bonchev–Trinajstić information content (AvgIpc) is 2.94. The molecule has 0 aromatic carbocycles. The fourth-order valence-electron chi connectivity index (χ4n) is 3.53. The zero-order valence-corrected chi connectivity index (χ0v) is 14.3. The molecule has 0 aliphatic heterocycles. The summed E-state index contributed by atoms with van der Waals surface area (Å²) in [6.07, 6.45) is 8.55. The molecule has 1 N–H and O–H groups in total. The van der Waals surface area contributed by atoms with E-state index in [1.807, 2.05) is 13.3 Å². The number of aryl methyl sites for hydroxylation is 1. The van der Waals surface area contributed by atoms with Crippen molar-refractivity contribution in [1.29, 1.82) is 0 Å². The maximum absolute atomic E-state index is 6.09. The molecule has 1 heterocycles. The van der Waals surface area contributed by atoms with Crippen molar-refractivity contribution < 1.29 is 4.74 Å². The summed E-state index contributed by atoms with van der Waals surface area (Å²) in [5.74, 6) is 1.11. The van der Waals surface area contributed by atoms with Crippen molar-refractivity contribution in [3.05, 3.63) is 18.2 Å². The zero-order chi connectivity index (χ0) is 15.5. The van der Waals surface area contributed by atoms with Crippen molar-refractivity contribution in [2.24, 2.45) is 5.41 Å². The monoisotopic (exact) mass is 293 g/mol. The van der Waals surface area contributed by atoms with Crippen molar-refractivity contribution in [2.75, 3.05) is 13.7 Å². The third-order valence-corrected chi connectivity index (χ3v) is 5.14. The minimum atomic E-state index is -0.135. The lowest BCUT2D eigenvalue weighted by Crippen LogP contribution is -2.50. The first kappa shape index (κ1) is 16.5. The third-order valence-electron chi connectivity index (χ3n) is 5.14. The normalized spacial score (nSPS) is 22.1. The predicted molar refractivity (Wildman–Crippen MR) is 86.3 cm³/mol. The van der Waals surface area contributed by atoms with Gasteiger partial charge in [0.25, 0.3) is 0 Å². The summed E-state index contributed by atoms with van der Waals surface area (Å²) in [6, 6.07) is 0.165. The molecule has 1 fully saturated rings. The molecular formula is C17H31N3O. The maximum atomic E-state index is 6.09. The van der Waals surface area contributed by atoms with Crippen LogP contribution in [0.4, 0.5) is 0 Å². The van der Waals surface area contributed by atoms with E-state index in [9.17, 15) is 0 Å². The molecule has 1 aliphatic carbocycles. The number of hydrogen-bond donors (Lipinski definition) is 1. The molecule has 0 bridgehead atoms. The summed E-state index contributed by atoms with van der Waals surface area (Å²) in [4.78, 5) is 4.63. The van der Waals surface area contributed by atoms with Crippen molar-refractivity contribution in [3.8, 4) is 0 Å². The molecule has 1 unspecified atom stereocenters. The smallest absolute Gasteiger partial charge is 0.128 e. The van der Waals surface area contributed by atoms with E-state index in [4.69, 9.17) is 4.74 Å². The Morgan fingerprint density at radius 2 is 1.95 bits per heavy atom. The molecule has 21 heavy (non-hydrogen) atoms. The highest BCUT2D eigenvalue weighted by molar-refractivity contribution is 5.10. The number of imidazole rings is 1. The second-order valence-electron chi connectivity index (χ2n) is 7.00. The van der Waals surface area contributed by atoms with Crippen molar-refractivity contribution in [2.45, 2.75) is 71.6 Å². The van der Waals surface area contributed by atoms with Gasteiger partial charge in [-0.2, -0.15) is 0 Å². The molecule has 0 amide bonds. The van der Waals surface area contributed by atoms with E-state index in [1.165, 1.54) is 12.8 Å². The van der Waals surface area contributed by atoms with Gasteiger partial charge in [0.05, 0.1) is 11.6 Å². The Kier molecular flexibility index (Phi) is 5.10. The predicted octanol–water partition coefficient (Wildman–Crippen LogP) is 3.54. The number of aromatic nitrogens is 2. The lowest BCUT2D eigenvalue weighted by atomic mass is 9.68. The largest absolute Gasteiger partial charge is 0.376 e. The minimum Gasteiger partial charge on any atom is -0.376 e. The molecule has 1 saturated carbocycles. The van der Waals surface area contributed by atoms with E-state index in [1.54, 1.807) is 0 Å². The van der Waals surface area contributed by atoms with E-state index in [2.05, 4.69) is 48.8 Å². The molecule has 4 nitrogen and oxygen atoms in total. The molecule has 0 saturated heterocycles. The fourth-order valence-corrected chi connectivity index (χ4v) is 3.53. The highest BCUT2D eigenvalue weighted by atomic mass is 16.5. The van der Waals surface area contributed by atoms with Crippen LogP contribution in [0.3, 0.4) is 0 Å². The topological polar surface area (TPSA) is 39.1 Å². The summed E-state index contributed by atoms with van der Waals surface area (Å²) >= 11 is 0. The van der Waals surface area contributed by atoms with Gasteiger partial charge >= 0.3 is 0 Å². The van der Waals surface area contributed by atoms with Crippen LogP contribution in [0.15, 0.2) is 12.4 Å². The standard InChI is InChI=1S/C17H31N3O/c1-6-18-14(15-19-12-13-20(15)7-2)17(21-5)10-8-16(3,4)9-11-17/h12-14,18H,6-11H2,1-5H3. The number of nitrogens with zero attached hydrogens (tertiary/aromatic N) is 2. The Hall–Kier alpha value is -0.870. The highest BCUT2D eigenvalue weighted by Gasteiger charge is 2.46. The number of rotatable bonds is 6. The van der Waals surface area contributed by atoms with Crippen molar-refractivity contribution in [1.82, 2.24) is 14.9 Å². The molecule has 0 spiro atoms. The molecule has 4 heteroatoms. The third kappa shape index (κ3) is 3.32. The van der Waals surface area contributed by atoms with Crippen LogP contribution >= 0.6 is 0 Å². The first-order chi connectivity index (χ1) is 9.98. The number of ether oxygens (including phenoxy) is 1. The molecule has 0 radical (unpaired) electrons. The Labute approximate surface area is 129 Å². The zero-order valence-electron chi connectivity index (χ0n) is 14.3. The summed E-state index contributed by atoms with van der Waals surface area (Å²) in [5, 5.41) is 3.64. The fraction of sp³-hybridized carbons (Fsp3) is 0.824. The van der Waals surface area contributed by atoms with Crippen LogP contribution in [0, 0.1) is 5.41 Å². The Bertz CT molecular complexity index is 443. The molecule has 120 valence electrons. The van der Waals surface area contributed by atoms with Crippen LogP contribution < -0.4 is 5.32 Å². The van der Waals surface area contributed by atoms with Gasteiger partial charge in [0.1, 0.15) is 5.82 Å². The minimum absolute atomic E-state index is 0.135. The van der Waals surface area contributed by atoms with Crippen molar-refractivity contribution in [3.63, 3.8) is 0 Å². The first-order valence-electron chi connectivity index (χ1n) is 8.27. The molecule has 1 aliphatic rings. The summed E-state index contributed by atoms with van der Waals surface area (Å²) in [5.41, 5.74) is 0.294. The number of hydrogen-bond acceptors (Lipinski definition) is 3. The Balaban J connectivity index is 2.31. The van der Waals surface area contributed by atoms with Crippen LogP contribution in [-0.4, -0.2) is 28.8 Å². The number of likely N-dealkylation sites (N-methyl/N-ethyl adjacent to an activating group) is 1. The van der Waals surface area contributed by atoms with Crippen LogP contribution in [0.2, 0.25) is 0 Å². The van der Waals surface area contributed by atoms with Crippen LogP contribution in [0.5, 0.6) is 0 Å². The molecular weight excluding hydrogens is 262 g/mol. The summed E-state index contributed by atoms with van der Waals surface area (Å²) < 4.78 is 8.32. The average molecular weight is 293 g/mol. The molecule has 1 aromatic heterocycles. The molecule has 2 rings (SSSR count). The number of nitrogens with one attached hydrogen (secondary N) is 1. The van der Waals surface area contributed by atoms with Gasteiger partial charge in [-0.25, -0.2) is 4.98 Å². The second kappa shape index (κ2) is 6.49. The van der Waals surface area contributed by atoms with Gasteiger partial charge in [-0.05, 0) is 44.6 Å². The van der Waals surface area contributed by atoms with Gasteiger partial charge in [0.2, 0.25) is 0 Å². The Morgan fingerprint density at radius 1 is 1.29 bits per heavy atom. The Morgan fingerprint density at radius 3 is 2.48 bits per heavy atom. The van der Waals surface area contributed by atoms with Crippen LogP contribution in [0.1, 0.15) is 65.2 Å². The van der Waals surface area contributed by atoms with E-state index in [0.29, 0.717) is 5.41 Å². The van der Waals surface area contributed by atoms with Gasteiger partial charge in [-0.1, -0.05) is 20.8 Å². The SMILES string of the molecule is CCNC(c1nccn1CC)C1(OC)CCC(C)(C)CC1. The van der Waals surface area contributed by atoms with Gasteiger partial charge in [-0.3, -0.25) is 0 Å². The number of methoxy groups -OCH3 is 1. The van der Waals surface area contributed by atoms with Gasteiger partial charge in [0.15, 0.2) is 0 Å². The van der Waals surface area contributed by atoms with Gasteiger partial charge < -0.3 is 14.6 Å². The van der Waals surface area contributed by atoms with E-state index >= 15 is 0 Å². The quantitative estimate of drug-likeness (QED) is 0.872. The van der Waals surface area contributed by atoms with Gasteiger partial charge in [0, 0.05) is 26.0 Å². The van der Waals surface area contributed by atoms with Crippen LogP contribution in [0.25, 0.3) is 0 Å².